The highest BCUT2D eigenvalue weighted by Crippen LogP contribution is 2.12. The molecule has 44 valence electrons. The smallest absolute Gasteiger partial charge is 0.00397 e. The molecule has 0 aromatic heterocycles. The Labute approximate surface area is 49.9 Å². The van der Waals surface area contributed by atoms with Gasteiger partial charge < -0.3 is 5.73 Å². The van der Waals surface area contributed by atoms with Crippen LogP contribution in [-0.2, 0) is 0 Å². The van der Waals surface area contributed by atoms with Gasteiger partial charge in [0.05, 0.1) is 0 Å². The maximum atomic E-state index is 5.34. The maximum absolute atomic E-state index is 5.34. The van der Waals surface area contributed by atoms with E-state index in [2.05, 4.69) is 18.2 Å². The quantitative estimate of drug-likeness (QED) is 0.567. The van der Waals surface area contributed by atoms with Crippen LogP contribution in [0.3, 0.4) is 0 Å². The minimum atomic E-state index is 0.785. The van der Waals surface area contributed by atoms with Gasteiger partial charge in [0.25, 0.3) is 0 Å². The Kier molecular flexibility index (Phi) is 1.86. The van der Waals surface area contributed by atoms with Crippen molar-refractivity contribution in [1.82, 2.24) is 0 Å². The fraction of sp³-hybridized carbons (Fsp3) is 0.429. The SMILES string of the molecule is NCCC1=CC=CC1. The Morgan fingerprint density at radius 2 is 2.50 bits per heavy atom. The van der Waals surface area contributed by atoms with Gasteiger partial charge in [0.15, 0.2) is 0 Å². The standard InChI is InChI=1S/C7H11N/c8-6-5-7-3-1-2-4-7/h1-3H,4-6,8H2. The predicted molar refractivity (Wildman–Crippen MR) is 35.5 cm³/mol. The van der Waals surface area contributed by atoms with Gasteiger partial charge >= 0.3 is 0 Å². The molecule has 0 saturated heterocycles. The van der Waals surface area contributed by atoms with E-state index < -0.39 is 0 Å². The second-order valence-corrected chi connectivity index (χ2v) is 2.00. The van der Waals surface area contributed by atoms with Crippen LogP contribution in [-0.4, -0.2) is 6.54 Å². The lowest BCUT2D eigenvalue weighted by molar-refractivity contribution is 0.929. The van der Waals surface area contributed by atoms with Crippen LogP contribution < -0.4 is 5.73 Å². The van der Waals surface area contributed by atoms with Crippen LogP contribution in [0, 0.1) is 0 Å². The molecule has 0 radical (unpaired) electrons. The Balaban J connectivity index is 2.28. The van der Waals surface area contributed by atoms with Crippen molar-refractivity contribution in [2.75, 3.05) is 6.54 Å². The zero-order valence-electron chi connectivity index (χ0n) is 4.93. The van der Waals surface area contributed by atoms with Gasteiger partial charge in [-0.15, -0.1) is 0 Å². The van der Waals surface area contributed by atoms with Crippen LogP contribution in [0.25, 0.3) is 0 Å². The normalized spacial score (nSPS) is 16.9. The van der Waals surface area contributed by atoms with E-state index in [1.807, 2.05) is 0 Å². The van der Waals surface area contributed by atoms with Gasteiger partial charge in [-0.25, -0.2) is 0 Å². The monoisotopic (exact) mass is 109 g/mol. The van der Waals surface area contributed by atoms with Crippen molar-refractivity contribution in [1.29, 1.82) is 0 Å². The molecule has 0 aromatic rings. The van der Waals surface area contributed by atoms with Gasteiger partial charge in [0.2, 0.25) is 0 Å². The van der Waals surface area contributed by atoms with Gasteiger partial charge in [-0.1, -0.05) is 23.8 Å². The molecule has 1 aliphatic carbocycles. The van der Waals surface area contributed by atoms with Gasteiger partial charge in [0.1, 0.15) is 0 Å². The molecule has 0 spiro atoms. The summed E-state index contributed by atoms with van der Waals surface area (Å²) >= 11 is 0. The Bertz CT molecular complexity index is 122. The lowest BCUT2D eigenvalue weighted by atomic mass is 10.2. The summed E-state index contributed by atoms with van der Waals surface area (Å²) in [5.41, 5.74) is 6.81. The number of hydrogen-bond donors (Lipinski definition) is 1. The van der Waals surface area contributed by atoms with Crippen molar-refractivity contribution in [3.63, 3.8) is 0 Å². The molecule has 0 bridgehead atoms. The van der Waals surface area contributed by atoms with E-state index in [1.165, 1.54) is 5.57 Å². The molecule has 0 atom stereocenters. The molecule has 1 heteroatoms. The zero-order valence-corrected chi connectivity index (χ0v) is 4.93. The summed E-state index contributed by atoms with van der Waals surface area (Å²) in [6.07, 6.45) is 8.58. The fourth-order valence-electron chi connectivity index (χ4n) is 0.862. The molecule has 0 aromatic carbocycles. The fourth-order valence-corrected chi connectivity index (χ4v) is 0.862. The van der Waals surface area contributed by atoms with Crippen molar-refractivity contribution in [3.8, 4) is 0 Å². The highest BCUT2D eigenvalue weighted by molar-refractivity contribution is 5.22. The largest absolute Gasteiger partial charge is 0.330 e. The van der Waals surface area contributed by atoms with Crippen LogP contribution in [0.1, 0.15) is 12.8 Å². The molecule has 0 heterocycles. The van der Waals surface area contributed by atoms with E-state index in [0.717, 1.165) is 19.4 Å². The summed E-state index contributed by atoms with van der Waals surface area (Å²) in [6.45, 7) is 0.785. The molecule has 0 amide bonds. The second-order valence-electron chi connectivity index (χ2n) is 2.00. The van der Waals surface area contributed by atoms with Crippen molar-refractivity contribution in [2.45, 2.75) is 12.8 Å². The third-order valence-corrected chi connectivity index (χ3v) is 1.31. The Morgan fingerprint density at radius 1 is 1.62 bits per heavy atom. The van der Waals surface area contributed by atoms with Gasteiger partial charge in [-0.05, 0) is 19.4 Å². The number of hydrogen-bond acceptors (Lipinski definition) is 1. The molecule has 1 aliphatic rings. The van der Waals surface area contributed by atoms with Crippen LogP contribution in [0.5, 0.6) is 0 Å². The maximum Gasteiger partial charge on any atom is -0.00397 e. The molecule has 1 rings (SSSR count). The molecule has 2 N–H and O–H groups in total. The minimum Gasteiger partial charge on any atom is -0.330 e. The molecular weight excluding hydrogens is 98.1 g/mol. The molecule has 0 fully saturated rings. The molecule has 8 heavy (non-hydrogen) atoms. The summed E-state index contributed by atoms with van der Waals surface area (Å²) in [7, 11) is 0. The van der Waals surface area contributed by atoms with Crippen LogP contribution in [0.2, 0.25) is 0 Å². The zero-order chi connectivity index (χ0) is 5.82. The van der Waals surface area contributed by atoms with Crippen molar-refractivity contribution < 1.29 is 0 Å². The summed E-state index contributed by atoms with van der Waals surface area (Å²) in [6, 6.07) is 0. The minimum absolute atomic E-state index is 0.785. The van der Waals surface area contributed by atoms with Crippen LogP contribution in [0.4, 0.5) is 0 Å². The van der Waals surface area contributed by atoms with E-state index in [1.54, 1.807) is 0 Å². The van der Waals surface area contributed by atoms with E-state index in [9.17, 15) is 0 Å². The molecular formula is C7H11N. The van der Waals surface area contributed by atoms with E-state index >= 15 is 0 Å². The first-order chi connectivity index (χ1) is 3.93. The number of rotatable bonds is 2. The first kappa shape index (κ1) is 5.57. The predicted octanol–water partition coefficient (Wildman–Crippen LogP) is 1.22. The summed E-state index contributed by atoms with van der Waals surface area (Å²) in [5.74, 6) is 0. The Morgan fingerprint density at radius 3 is 3.00 bits per heavy atom. The second kappa shape index (κ2) is 2.68. The molecule has 1 nitrogen and oxygen atoms in total. The van der Waals surface area contributed by atoms with E-state index in [-0.39, 0.29) is 0 Å². The van der Waals surface area contributed by atoms with E-state index in [0.29, 0.717) is 0 Å². The van der Waals surface area contributed by atoms with Crippen LogP contribution in [0.15, 0.2) is 23.8 Å². The number of allylic oxidation sites excluding steroid dienone is 3. The van der Waals surface area contributed by atoms with Crippen LogP contribution >= 0.6 is 0 Å². The lowest BCUT2D eigenvalue weighted by Crippen LogP contribution is -1.98. The first-order valence-electron chi connectivity index (χ1n) is 2.98. The highest BCUT2D eigenvalue weighted by Gasteiger charge is 1.94. The summed E-state index contributed by atoms with van der Waals surface area (Å²) < 4.78 is 0. The van der Waals surface area contributed by atoms with Crippen molar-refractivity contribution in [2.24, 2.45) is 5.73 Å². The molecule has 0 saturated carbocycles. The highest BCUT2D eigenvalue weighted by atomic mass is 14.5. The third kappa shape index (κ3) is 1.20. The summed E-state index contributed by atoms with van der Waals surface area (Å²) in [4.78, 5) is 0. The third-order valence-electron chi connectivity index (χ3n) is 1.31. The van der Waals surface area contributed by atoms with Gasteiger partial charge in [-0.2, -0.15) is 0 Å². The molecule has 0 aliphatic heterocycles. The average molecular weight is 109 g/mol. The Hall–Kier alpha value is -0.560. The van der Waals surface area contributed by atoms with E-state index in [4.69, 9.17) is 5.73 Å². The average Bonchev–Trinajstić information content (AvgIpc) is 2.19. The van der Waals surface area contributed by atoms with Crippen molar-refractivity contribution in [3.05, 3.63) is 23.8 Å². The van der Waals surface area contributed by atoms with Gasteiger partial charge in [-0.3, -0.25) is 0 Å². The topological polar surface area (TPSA) is 26.0 Å². The number of nitrogens with two attached hydrogens (primary N) is 1. The van der Waals surface area contributed by atoms with Crippen molar-refractivity contribution >= 4 is 0 Å². The summed E-state index contributed by atoms with van der Waals surface area (Å²) in [5, 5.41) is 0. The molecule has 0 unspecified atom stereocenters. The first-order valence-corrected chi connectivity index (χ1v) is 2.98. The lowest BCUT2D eigenvalue weighted by Gasteiger charge is -1.93. The van der Waals surface area contributed by atoms with Gasteiger partial charge in [0, 0.05) is 0 Å².